The molecule has 3 heterocycles. The number of cyclic esters (lactones) is 1. The Morgan fingerprint density at radius 2 is 1.87 bits per heavy atom. The van der Waals surface area contributed by atoms with Crippen molar-refractivity contribution in [2.45, 2.75) is 52.0 Å². The number of esters is 1. The van der Waals surface area contributed by atoms with E-state index in [-0.39, 0.29) is 36.9 Å². The van der Waals surface area contributed by atoms with Crippen molar-refractivity contribution < 1.29 is 28.6 Å². The summed E-state index contributed by atoms with van der Waals surface area (Å²) in [6.45, 7) is 7.40. The van der Waals surface area contributed by atoms with Crippen molar-refractivity contribution in [3.63, 3.8) is 0 Å². The molecular formula is C22H25N3O6. The molecule has 4 rings (SSSR count). The summed E-state index contributed by atoms with van der Waals surface area (Å²) >= 11 is 0. The maximum absolute atomic E-state index is 12.7. The lowest BCUT2D eigenvalue weighted by Crippen LogP contribution is -2.63. The molecule has 3 aliphatic heterocycles. The number of ether oxygens (including phenoxy) is 3. The van der Waals surface area contributed by atoms with Crippen LogP contribution in [0.4, 0.5) is 4.79 Å². The van der Waals surface area contributed by atoms with E-state index in [1.165, 1.54) is 4.90 Å². The van der Waals surface area contributed by atoms with Gasteiger partial charge in [0.1, 0.15) is 18.9 Å². The molecule has 2 atom stereocenters. The third-order valence-electron chi connectivity index (χ3n) is 5.36. The normalized spacial score (nSPS) is 22.3. The Bertz CT molecular complexity index is 961. The Morgan fingerprint density at radius 3 is 2.52 bits per heavy atom. The summed E-state index contributed by atoms with van der Waals surface area (Å²) in [4.78, 5) is 44.8. The van der Waals surface area contributed by atoms with Gasteiger partial charge in [0, 0.05) is 23.2 Å². The van der Waals surface area contributed by atoms with Gasteiger partial charge in [0.25, 0.3) is 5.91 Å². The van der Waals surface area contributed by atoms with E-state index in [0.717, 1.165) is 5.56 Å². The van der Waals surface area contributed by atoms with Crippen molar-refractivity contribution >= 4 is 23.9 Å². The highest BCUT2D eigenvalue weighted by Gasteiger charge is 2.58. The second-order valence-electron chi connectivity index (χ2n) is 8.14. The molecule has 9 nitrogen and oxygen atoms in total. The minimum Gasteiger partial charge on any atom is -0.456 e. The number of benzene rings is 1. The zero-order chi connectivity index (χ0) is 22.3. The molecule has 164 valence electrons. The van der Waals surface area contributed by atoms with Crippen LogP contribution in [0.2, 0.25) is 0 Å². The Kier molecular flexibility index (Phi) is 5.43. The Balaban J connectivity index is 1.49. The van der Waals surface area contributed by atoms with E-state index >= 15 is 0 Å². The molecule has 0 bridgehead atoms. The monoisotopic (exact) mass is 427 g/mol. The minimum absolute atomic E-state index is 0.0411. The number of aliphatic imine (C=N–C) groups is 1. The first-order valence-corrected chi connectivity index (χ1v) is 10.3. The fourth-order valence-electron chi connectivity index (χ4n) is 3.97. The molecular weight excluding hydrogens is 402 g/mol. The van der Waals surface area contributed by atoms with E-state index in [0.29, 0.717) is 11.5 Å². The first kappa shape index (κ1) is 20.9. The lowest BCUT2D eigenvalue weighted by molar-refractivity contribution is -0.161. The van der Waals surface area contributed by atoms with Crippen LogP contribution >= 0.6 is 0 Å². The van der Waals surface area contributed by atoms with E-state index in [1.54, 1.807) is 4.90 Å². The van der Waals surface area contributed by atoms with Gasteiger partial charge in [-0.2, -0.15) is 0 Å². The van der Waals surface area contributed by atoms with Crippen molar-refractivity contribution in [3.8, 4) is 0 Å². The van der Waals surface area contributed by atoms with Gasteiger partial charge in [-0.15, -0.1) is 0 Å². The van der Waals surface area contributed by atoms with E-state index < -0.39 is 24.3 Å². The Labute approximate surface area is 180 Å². The van der Waals surface area contributed by atoms with Gasteiger partial charge in [0.05, 0.1) is 0 Å². The molecule has 1 aromatic carbocycles. The van der Waals surface area contributed by atoms with Gasteiger partial charge >= 0.3 is 12.1 Å². The quantitative estimate of drug-likeness (QED) is 0.509. The second-order valence-corrected chi connectivity index (χ2v) is 8.14. The maximum atomic E-state index is 12.7. The highest BCUT2D eigenvalue weighted by molar-refractivity contribution is 6.06. The largest absolute Gasteiger partial charge is 0.456 e. The zero-order valence-electron chi connectivity index (χ0n) is 17.9. The van der Waals surface area contributed by atoms with Crippen LogP contribution in [0.5, 0.6) is 0 Å². The highest BCUT2D eigenvalue weighted by Crippen LogP contribution is 2.37. The van der Waals surface area contributed by atoms with Gasteiger partial charge in [-0.25, -0.2) is 14.6 Å². The molecule has 3 aliphatic rings. The van der Waals surface area contributed by atoms with Crippen LogP contribution < -0.4 is 0 Å². The number of fused-ring (bicyclic) bond motifs is 1. The van der Waals surface area contributed by atoms with Gasteiger partial charge in [-0.3, -0.25) is 9.69 Å². The molecule has 0 spiro atoms. The minimum atomic E-state index is -0.711. The van der Waals surface area contributed by atoms with Crippen molar-refractivity contribution in [1.29, 1.82) is 0 Å². The van der Waals surface area contributed by atoms with E-state index in [4.69, 9.17) is 14.2 Å². The van der Waals surface area contributed by atoms with Gasteiger partial charge < -0.3 is 19.1 Å². The smallest absolute Gasteiger partial charge is 0.410 e. The molecule has 0 aliphatic carbocycles. The van der Waals surface area contributed by atoms with Crippen LogP contribution in [-0.4, -0.2) is 71.2 Å². The topological polar surface area (TPSA) is 97.7 Å². The summed E-state index contributed by atoms with van der Waals surface area (Å²) in [6.07, 6.45) is -1.20. The number of likely N-dealkylation sites (tertiary alicyclic amines) is 1. The first-order valence-electron chi connectivity index (χ1n) is 10.3. The number of carbonyl (C=O) groups excluding carboxylic acids is 3. The lowest BCUT2D eigenvalue weighted by Gasteiger charge is -2.40. The molecule has 9 heteroatoms. The third-order valence-corrected chi connectivity index (χ3v) is 5.36. The van der Waals surface area contributed by atoms with Gasteiger partial charge in [-0.05, 0) is 39.8 Å². The summed E-state index contributed by atoms with van der Waals surface area (Å²) < 4.78 is 16.4. The number of hydrogen-bond donors (Lipinski definition) is 0. The number of rotatable bonds is 6. The molecule has 0 aromatic heterocycles. The first-order chi connectivity index (χ1) is 14.8. The van der Waals surface area contributed by atoms with Crippen molar-refractivity contribution in [2.75, 3.05) is 13.2 Å². The van der Waals surface area contributed by atoms with Crippen molar-refractivity contribution in [1.82, 2.24) is 9.80 Å². The van der Waals surface area contributed by atoms with Crippen LogP contribution in [0, 0.1) is 0 Å². The summed E-state index contributed by atoms with van der Waals surface area (Å²) in [6, 6.07) is 8.46. The maximum Gasteiger partial charge on any atom is 0.410 e. The van der Waals surface area contributed by atoms with Crippen LogP contribution in [0.15, 0.2) is 46.6 Å². The van der Waals surface area contributed by atoms with Gasteiger partial charge in [0.15, 0.2) is 6.04 Å². The van der Waals surface area contributed by atoms with Gasteiger partial charge in [0.2, 0.25) is 12.1 Å². The molecule has 0 N–H and O–H groups in total. The summed E-state index contributed by atoms with van der Waals surface area (Å²) in [5, 5.41) is 0. The fourth-order valence-corrected chi connectivity index (χ4v) is 3.97. The average Bonchev–Trinajstić information content (AvgIpc) is 3.29. The lowest BCUT2D eigenvalue weighted by atomic mass is 10.0. The van der Waals surface area contributed by atoms with Gasteiger partial charge in [-0.1, -0.05) is 18.2 Å². The molecule has 1 fully saturated rings. The molecule has 1 aromatic rings. The molecule has 0 unspecified atom stereocenters. The SMILES string of the molecule is CC(C)N(C(=O)OCC1=C(N2C(=O)[C@@H]3N=C(c4ccccc4)O[C@@H]32)C(=O)OC1)C(C)C. The Morgan fingerprint density at radius 1 is 1.19 bits per heavy atom. The molecule has 31 heavy (non-hydrogen) atoms. The van der Waals surface area contributed by atoms with Crippen molar-refractivity contribution in [2.24, 2.45) is 4.99 Å². The summed E-state index contributed by atoms with van der Waals surface area (Å²) in [5.74, 6) is -0.630. The van der Waals surface area contributed by atoms with Crippen LogP contribution in [-0.2, 0) is 23.8 Å². The number of amides is 2. The Hall–Kier alpha value is -3.36. The van der Waals surface area contributed by atoms with E-state index in [9.17, 15) is 14.4 Å². The number of nitrogens with zero attached hydrogens (tertiary/aromatic N) is 3. The average molecular weight is 427 g/mol. The number of β-lactam (4-membered cyclic amide) rings is 1. The van der Waals surface area contributed by atoms with Crippen LogP contribution in [0.1, 0.15) is 33.3 Å². The standard InChI is InChI=1S/C22H25N3O6/c1-12(2)24(13(3)4)22(28)30-11-15-10-29-21(27)17(15)25-19(26)16-20(25)31-18(23-16)14-8-6-5-7-9-14/h5-9,12-13,16,20H,10-11H2,1-4H3/t16-,20-/m0/s1. The summed E-state index contributed by atoms with van der Waals surface area (Å²) in [7, 11) is 0. The molecule has 2 amide bonds. The number of hydrogen-bond acceptors (Lipinski definition) is 7. The molecule has 1 saturated heterocycles. The molecule has 0 radical (unpaired) electrons. The molecule has 0 saturated carbocycles. The zero-order valence-corrected chi connectivity index (χ0v) is 17.9. The van der Waals surface area contributed by atoms with Crippen molar-refractivity contribution in [3.05, 3.63) is 47.2 Å². The van der Waals surface area contributed by atoms with Crippen LogP contribution in [0.25, 0.3) is 0 Å². The summed E-state index contributed by atoms with van der Waals surface area (Å²) in [5.41, 5.74) is 1.25. The fraction of sp³-hybridized carbons (Fsp3) is 0.455. The highest BCUT2D eigenvalue weighted by atomic mass is 16.6. The predicted octanol–water partition coefficient (Wildman–Crippen LogP) is 2.07. The van der Waals surface area contributed by atoms with E-state index in [1.807, 2.05) is 58.0 Å². The van der Waals surface area contributed by atoms with Crippen LogP contribution in [0.3, 0.4) is 0 Å². The third kappa shape index (κ3) is 3.64. The predicted molar refractivity (Wildman–Crippen MR) is 110 cm³/mol. The second kappa shape index (κ2) is 8.05. The van der Waals surface area contributed by atoms with E-state index in [2.05, 4.69) is 4.99 Å². The number of carbonyl (C=O) groups is 3.